The highest BCUT2D eigenvalue weighted by Gasteiger charge is 2.19. The second kappa shape index (κ2) is 2.76. The molecule has 1 aromatic carbocycles. The molecule has 12 heavy (non-hydrogen) atoms. The number of rotatable bonds is 0. The lowest BCUT2D eigenvalue weighted by Gasteiger charge is -2.22. The number of fused-ring (bicyclic) bond motifs is 1. The average Bonchev–Trinajstić information content (AvgIpc) is 2.12. The van der Waals surface area contributed by atoms with Gasteiger partial charge in [-0.25, -0.2) is 0 Å². The third-order valence-electron chi connectivity index (χ3n) is 2.39. The molecule has 1 N–H and O–H groups in total. The number of benzene rings is 1. The van der Waals surface area contributed by atoms with E-state index in [4.69, 9.17) is 0 Å². The molecule has 1 aliphatic carbocycles. The van der Waals surface area contributed by atoms with Crippen molar-refractivity contribution in [2.75, 3.05) is 0 Å². The summed E-state index contributed by atoms with van der Waals surface area (Å²) < 4.78 is 0. The second-order valence-electron chi connectivity index (χ2n) is 3.29. The Morgan fingerprint density at radius 3 is 2.83 bits per heavy atom. The second-order valence-corrected chi connectivity index (χ2v) is 3.29. The topological polar surface area (TPSA) is 20.2 Å². The largest absolute Gasteiger partial charge is 0.388 e. The molecule has 0 radical (unpaired) electrons. The maximum atomic E-state index is 9.78. The zero-order valence-electron chi connectivity index (χ0n) is 7.07. The van der Waals surface area contributed by atoms with Crippen molar-refractivity contribution in [3.8, 4) is 0 Å². The lowest BCUT2D eigenvalue weighted by Crippen LogP contribution is -2.11. The zero-order valence-corrected chi connectivity index (χ0v) is 7.07. The summed E-state index contributed by atoms with van der Waals surface area (Å²) >= 11 is 0. The molecule has 62 valence electrons. The summed E-state index contributed by atoms with van der Waals surface area (Å²) in [7, 11) is 0. The van der Waals surface area contributed by atoms with Crippen LogP contribution in [0.4, 0.5) is 0 Å². The molecule has 0 heterocycles. The van der Waals surface area contributed by atoms with E-state index in [0.717, 1.165) is 11.1 Å². The van der Waals surface area contributed by atoms with E-state index in [1.54, 1.807) is 0 Å². The van der Waals surface area contributed by atoms with Crippen molar-refractivity contribution in [3.63, 3.8) is 0 Å². The van der Waals surface area contributed by atoms with E-state index in [2.05, 4.69) is 6.08 Å². The fraction of sp³-hybridized carbons (Fsp3) is 0.273. The van der Waals surface area contributed by atoms with E-state index in [-0.39, 0.29) is 12.0 Å². The molecule has 0 saturated carbocycles. The van der Waals surface area contributed by atoms with Crippen LogP contribution in [0.25, 0.3) is 6.08 Å². The Kier molecular flexibility index (Phi) is 1.74. The Morgan fingerprint density at radius 1 is 1.25 bits per heavy atom. The van der Waals surface area contributed by atoms with E-state index in [1.807, 2.05) is 37.3 Å². The first-order chi connectivity index (χ1) is 5.79. The molecule has 0 fully saturated rings. The van der Waals surface area contributed by atoms with E-state index in [1.165, 1.54) is 0 Å². The molecule has 0 spiro atoms. The van der Waals surface area contributed by atoms with Gasteiger partial charge in [0.2, 0.25) is 0 Å². The summed E-state index contributed by atoms with van der Waals surface area (Å²) in [6.45, 7) is 2.02. The molecule has 2 rings (SSSR count). The van der Waals surface area contributed by atoms with Crippen molar-refractivity contribution in [1.29, 1.82) is 0 Å². The van der Waals surface area contributed by atoms with Crippen LogP contribution in [-0.4, -0.2) is 5.11 Å². The summed E-state index contributed by atoms with van der Waals surface area (Å²) in [4.78, 5) is 0. The first kappa shape index (κ1) is 7.56. The van der Waals surface area contributed by atoms with Gasteiger partial charge in [-0.05, 0) is 11.1 Å². The molecule has 1 nitrogen and oxygen atoms in total. The normalized spacial score (nSPS) is 26.8. The number of hydrogen-bond acceptors (Lipinski definition) is 1. The Morgan fingerprint density at radius 2 is 2.00 bits per heavy atom. The number of aliphatic hydroxyl groups is 1. The SMILES string of the molecule is C[C@@H]1C=Cc2ccccc2[C@@H]1O. The van der Waals surface area contributed by atoms with Crippen molar-refractivity contribution in [2.45, 2.75) is 13.0 Å². The number of hydrogen-bond donors (Lipinski definition) is 1. The van der Waals surface area contributed by atoms with Crippen LogP contribution in [0.1, 0.15) is 24.2 Å². The quantitative estimate of drug-likeness (QED) is 0.617. The molecule has 0 aliphatic heterocycles. The van der Waals surface area contributed by atoms with Crippen LogP contribution >= 0.6 is 0 Å². The predicted molar refractivity (Wildman–Crippen MR) is 49.6 cm³/mol. The minimum Gasteiger partial charge on any atom is -0.388 e. The minimum atomic E-state index is -0.328. The van der Waals surface area contributed by atoms with Crippen molar-refractivity contribution in [2.24, 2.45) is 5.92 Å². The van der Waals surface area contributed by atoms with E-state index in [9.17, 15) is 5.11 Å². The lowest BCUT2D eigenvalue weighted by molar-refractivity contribution is 0.138. The smallest absolute Gasteiger partial charge is 0.0855 e. The van der Waals surface area contributed by atoms with Gasteiger partial charge >= 0.3 is 0 Å². The van der Waals surface area contributed by atoms with Crippen LogP contribution < -0.4 is 0 Å². The monoisotopic (exact) mass is 160 g/mol. The molecule has 1 aromatic rings. The molecular formula is C11H12O. The molecule has 0 amide bonds. The molecule has 1 heteroatoms. The zero-order chi connectivity index (χ0) is 8.55. The van der Waals surface area contributed by atoms with Crippen LogP contribution in [0.15, 0.2) is 30.3 Å². The lowest BCUT2D eigenvalue weighted by atomic mass is 9.88. The summed E-state index contributed by atoms with van der Waals surface area (Å²) in [5, 5.41) is 9.78. The first-order valence-corrected chi connectivity index (χ1v) is 4.24. The maximum Gasteiger partial charge on any atom is 0.0855 e. The van der Waals surface area contributed by atoms with Crippen LogP contribution in [0.5, 0.6) is 0 Å². The Balaban J connectivity index is 2.52. The van der Waals surface area contributed by atoms with E-state index in [0.29, 0.717) is 0 Å². The summed E-state index contributed by atoms with van der Waals surface area (Å²) in [5.41, 5.74) is 2.19. The minimum absolute atomic E-state index is 0.236. The average molecular weight is 160 g/mol. The summed E-state index contributed by atoms with van der Waals surface area (Å²) in [6.07, 6.45) is 3.80. The molecule has 0 saturated heterocycles. The van der Waals surface area contributed by atoms with Crippen LogP contribution in [-0.2, 0) is 0 Å². The van der Waals surface area contributed by atoms with Gasteiger partial charge in [0, 0.05) is 5.92 Å². The molecule has 1 aliphatic rings. The van der Waals surface area contributed by atoms with E-state index >= 15 is 0 Å². The van der Waals surface area contributed by atoms with Gasteiger partial charge in [-0.15, -0.1) is 0 Å². The highest BCUT2D eigenvalue weighted by molar-refractivity contribution is 5.57. The van der Waals surface area contributed by atoms with Crippen LogP contribution in [0.3, 0.4) is 0 Å². The highest BCUT2D eigenvalue weighted by Crippen LogP contribution is 2.31. The van der Waals surface area contributed by atoms with Gasteiger partial charge in [-0.1, -0.05) is 43.3 Å². The molecule has 0 aromatic heterocycles. The fourth-order valence-electron chi connectivity index (χ4n) is 1.58. The van der Waals surface area contributed by atoms with Crippen molar-refractivity contribution in [1.82, 2.24) is 0 Å². The van der Waals surface area contributed by atoms with Gasteiger partial charge in [0.1, 0.15) is 0 Å². The van der Waals surface area contributed by atoms with Gasteiger partial charge < -0.3 is 5.11 Å². The number of aliphatic hydroxyl groups excluding tert-OH is 1. The van der Waals surface area contributed by atoms with Gasteiger partial charge in [-0.3, -0.25) is 0 Å². The van der Waals surface area contributed by atoms with Crippen LogP contribution in [0.2, 0.25) is 0 Å². The first-order valence-electron chi connectivity index (χ1n) is 4.24. The van der Waals surface area contributed by atoms with Gasteiger partial charge in [0.15, 0.2) is 0 Å². The van der Waals surface area contributed by atoms with Gasteiger partial charge in [0.05, 0.1) is 6.10 Å². The Labute approximate surface area is 72.4 Å². The molecule has 0 unspecified atom stereocenters. The highest BCUT2D eigenvalue weighted by atomic mass is 16.3. The summed E-state index contributed by atoms with van der Waals surface area (Å²) in [6, 6.07) is 7.97. The fourth-order valence-corrected chi connectivity index (χ4v) is 1.58. The van der Waals surface area contributed by atoms with Gasteiger partial charge in [-0.2, -0.15) is 0 Å². The Hall–Kier alpha value is -1.08. The van der Waals surface area contributed by atoms with Crippen molar-refractivity contribution >= 4 is 6.08 Å². The Bertz CT molecular complexity index is 315. The van der Waals surface area contributed by atoms with Crippen molar-refractivity contribution < 1.29 is 5.11 Å². The molecule has 2 atom stereocenters. The summed E-state index contributed by atoms with van der Waals surface area (Å²) in [5.74, 6) is 0.236. The third-order valence-corrected chi connectivity index (χ3v) is 2.39. The van der Waals surface area contributed by atoms with Gasteiger partial charge in [0.25, 0.3) is 0 Å². The van der Waals surface area contributed by atoms with Crippen molar-refractivity contribution in [3.05, 3.63) is 41.5 Å². The predicted octanol–water partition coefficient (Wildman–Crippen LogP) is 2.38. The maximum absolute atomic E-state index is 9.78. The third kappa shape index (κ3) is 1.07. The molecule has 0 bridgehead atoms. The van der Waals surface area contributed by atoms with E-state index < -0.39 is 0 Å². The molecular weight excluding hydrogens is 148 g/mol. The standard InChI is InChI=1S/C11H12O/c1-8-6-7-9-4-2-3-5-10(9)11(8)12/h2-8,11-12H,1H3/t8-,11-/m1/s1. The van der Waals surface area contributed by atoms with Crippen LogP contribution in [0, 0.1) is 5.92 Å².